The summed E-state index contributed by atoms with van der Waals surface area (Å²) in [5.74, 6) is -1.46. The molecule has 0 radical (unpaired) electrons. The number of methoxy groups -OCH3 is 1. The third kappa shape index (κ3) is 2.61. The van der Waals surface area contributed by atoms with Gasteiger partial charge in [0.05, 0.1) is 13.2 Å². The number of aliphatic hydroxyl groups excluding tert-OH is 2. The molecule has 4 aliphatic rings. The molecule has 0 saturated heterocycles. The normalized spacial score (nSPS) is 49.9. The van der Waals surface area contributed by atoms with E-state index in [1.807, 2.05) is 13.0 Å². The largest absolute Gasteiger partial charge is 0.508 e. The number of carbonyl (C=O) groups is 2. The highest BCUT2D eigenvalue weighted by atomic mass is 16.7. The number of ketones is 1. The summed E-state index contributed by atoms with van der Waals surface area (Å²) in [5, 5.41) is 33.1. The fraction of sp³-hybridized carbons (Fsp3) is 0.739. The Bertz CT molecular complexity index is 805. The molecule has 3 fully saturated rings. The van der Waals surface area contributed by atoms with Crippen LogP contribution in [0.1, 0.15) is 46.0 Å². The van der Waals surface area contributed by atoms with E-state index < -0.39 is 41.1 Å². The maximum atomic E-state index is 12.8. The van der Waals surface area contributed by atoms with Crippen molar-refractivity contribution in [3.05, 3.63) is 24.3 Å². The summed E-state index contributed by atoms with van der Waals surface area (Å²) < 4.78 is 9.96. The minimum Gasteiger partial charge on any atom is -0.438 e. The molecule has 0 aromatic carbocycles. The fourth-order valence-corrected chi connectivity index (χ4v) is 7.18. The maximum Gasteiger partial charge on any atom is 0.508 e. The molecule has 0 aromatic heterocycles. The summed E-state index contributed by atoms with van der Waals surface area (Å²) in [7, 11) is 1.28. The lowest BCUT2D eigenvalue weighted by molar-refractivity contribution is -0.146. The van der Waals surface area contributed by atoms with Gasteiger partial charge in [-0.15, -0.1) is 0 Å². The lowest BCUT2D eigenvalue weighted by Crippen LogP contribution is -2.58. The summed E-state index contributed by atoms with van der Waals surface area (Å²) in [6.07, 6.45) is 3.16. The minimum absolute atomic E-state index is 0.0549. The summed E-state index contributed by atoms with van der Waals surface area (Å²) in [6.45, 7) is 7.67. The van der Waals surface area contributed by atoms with Crippen LogP contribution in [-0.2, 0) is 14.3 Å². The number of carbonyl (C=O) groups excluding carboxylic acids is 2. The van der Waals surface area contributed by atoms with Crippen LogP contribution >= 0.6 is 0 Å². The number of fused-ring (bicyclic) bond motifs is 5. The Morgan fingerprint density at radius 3 is 2.60 bits per heavy atom. The van der Waals surface area contributed by atoms with Crippen LogP contribution < -0.4 is 0 Å². The Labute approximate surface area is 176 Å². The van der Waals surface area contributed by atoms with E-state index in [4.69, 9.17) is 4.74 Å². The number of rotatable bonds is 2. The number of Topliss-reactive ketones (excluding diaryl/α,β-unsaturated/α-hetero) is 1. The van der Waals surface area contributed by atoms with Crippen molar-refractivity contribution in [2.45, 2.75) is 69.9 Å². The second-order valence-corrected chi connectivity index (χ2v) is 9.98. The van der Waals surface area contributed by atoms with Gasteiger partial charge in [0.15, 0.2) is 5.78 Å². The highest BCUT2D eigenvalue weighted by molar-refractivity contribution is 5.97. The van der Waals surface area contributed by atoms with Crippen molar-refractivity contribution in [1.29, 1.82) is 0 Å². The molecule has 0 amide bonds. The van der Waals surface area contributed by atoms with E-state index in [1.165, 1.54) is 13.2 Å². The van der Waals surface area contributed by atoms with Gasteiger partial charge in [-0.1, -0.05) is 38.2 Å². The first-order chi connectivity index (χ1) is 14.0. The molecule has 0 aliphatic heterocycles. The van der Waals surface area contributed by atoms with Crippen LogP contribution in [0.15, 0.2) is 24.3 Å². The van der Waals surface area contributed by atoms with Crippen LogP contribution in [0.3, 0.4) is 0 Å². The summed E-state index contributed by atoms with van der Waals surface area (Å²) in [6, 6.07) is 0. The fourth-order valence-electron chi connectivity index (χ4n) is 7.18. The third-order valence-electron chi connectivity index (χ3n) is 8.92. The topological polar surface area (TPSA) is 113 Å². The Morgan fingerprint density at radius 1 is 1.27 bits per heavy atom. The van der Waals surface area contributed by atoms with Crippen LogP contribution in [0.4, 0.5) is 4.79 Å². The molecule has 7 heteroatoms. The first kappa shape index (κ1) is 21.5. The molecule has 0 bridgehead atoms. The first-order valence-corrected chi connectivity index (χ1v) is 10.8. The summed E-state index contributed by atoms with van der Waals surface area (Å²) >= 11 is 0. The van der Waals surface area contributed by atoms with Gasteiger partial charge in [0.25, 0.3) is 0 Å². The van der Waals surface area contributed by atoms with Gasteiger partial charge in [0.1, 0.15) is 17.8 Å². The molecule has 166 valence electrons. The van der Waals surface area contributed by atoms with Gasteiger partial charge < -0.3 is 24.8 Å². The van der Waals surface area contributed by atoms with E-state index in [-0.39, 0.29) is 23.4 Å². The van der Waals surface area contributed by atoms with Crippen LogP contribution in [-0.4, -0.2) is 58.3 Å². The highest BCUT2D eigenvalue weighted by Gasteiger charge is 2.71. The Hall–Kier alpha value is -1.70. The zero-order chi connectivity index (χ0) is 22.1. The van der Waals surface area contributed by atoms with Crippen LogP contribution in [0.25, 0.3) is 0 Å². The van der Waals surface area contributed by atoms with Crippen molar-refractivity contribution in [3.8, 4) is 0 Å². The highest BCUT2D eigenvalue weighted by Crippen LogP contribution is 2.66. The molecule has 3 unspecified atom stereocenters. The first-order valence-electron chi connectivity index (χ1n) is 10.8. The van der Waals surface area contributed by atoms with E-state index in [9.17, 15) is 24.9 Å². The van der Waals surface area contributed by atoms with Gasteiger partial charge in [0.2, 0.25) is 0 Å². The molecule has 9 atom stereocenters. The zero-order valence-electron chi connectivity index (χ0n) is 17.8. The van der Waals surface area contributed by atoms with Gasteiger partial charge in [-0.25, -0.2) is 4.79 Å². The summed E-state index contributed by atoms with van der Waals surface area (Å²) in [5.41, 5.74) is -1.84. The molecule has 3 N–H and O–H groups in total. The monoisotopic (exact) mass is 420 g/mol. The van der Waals surface area contributed by atoms with E-state index in [0.29, 0.717) is 19.3 Å². The predicted octanol–water partition coefficient (Wildman–Crippen LogP) is 2.14. The molecule has 7 nitrogen and oxygen atoms in total. The minimum atomic E-state index is -1.79. The van der Waals surface area contributed by atoms with Crippen molar-refractivity contribution in [3.63, 3.8) is 0 Å². The quantitative estimate of drug-likeness (QED) is 0.463. The Morgan fingerprint density at radius 2 is 1.97 bits per heavy atom. The van der Waals surface area contributed by atoms with Crippen LogP contribution in [0.2, 0.25) is 0 Å². The van der Waals surface area contributed by atoms with Gasteiger partial charge in [-0.2, -0.15) is 0 Å². The van der Waals surface area contributed by atoms with Gasteiger partial charge in [0, 0.05) is 17.8 Å². The number of hydrogen-bond acceptors (Lipinski definition) is 7. The second kappa shape index (κ2) is 6.90. The molecular weight excluding hydrogens is 388 g/mol. The number of hydrogen-bond donors (Lipinski definition) is 3. The molecule has 0 heterocycles. The lowest BCUT2D eigenvalue weighted by atomic mass is 9.46. The van der Waals surface area contributed by atoms with E-state index in [2.05, 4.69) is 18.2 Å². The molecule has 0 aromatic rings. The van der Waals surface area contributed by atoms with Crippen molar-refractivity contribution >= 4 is 11.9 Å². The smallest absolute Gasteiger partial charge is 0.438 e. The third-order valence-corrected chi connectivity index (χ3v) is 8.92. The number of ether oxygens (including phenoxy) is 2. The summed E-state index contributed by atoms with van der Waals surface area (Å²) in [4.78, 5) is 24.3. The molecule has 0 spiro atoms. The van der Waals surface area contributed by atoms with E-state index in [0.717, 1.165) is 18.4 Å². The van der Waals surface area contributed by atoms with E-state index >= 15 is 0 Å². The molecular formula is C23H32O7. The standard InChI is InChI=1S/C23H32O7/c1-5-23(28)19(26)18(25)17-16-14(7-9-22(17,23)3)21(2)8-6-13(30-20(27)29-4)10-12(21)11-15(16)24/h5,11,13-18,24-25,28H,1,6-10H2,2-4H3/t13-,14?,15-,16?,17?,18+,21-,22-,23-/m0/s1. The average molecular weight is 421 g/mol. The predicted molar refractivity (Wildman–Crippen MR) is 107 cm³/mol. The molecule has 4 aliphatic carbocycles. The zero-order valence-corrected chi connectivity index (χ0v) is 17.8. The van der Waals surface area contributed by atoms with Crippen LogP contribution in [0.5, 0.6) is 0 Å². The van der Waals surface area contributed by atoms with Crippen molar-refractivity contribution in [2.24, 2.45) is 28.6 Å². The maximum absolute atomic E-state index is 12.8. The second-order valence-electron chi connectivity index (χ2n) is 9.98. The van der Waals surface area contributed by atoms with Gasteiger partial charge in [-0.05, 0) is 42.9 Å². The molecule has 4 rings (SSSR count). The van der Waals surface area contributed by atoms with Gasteiger partial charge in [-0.3, -0.25) is 4.79 Å². The lowest BCUT2D eigenvalue weighted by Gasteiger charge is -2.59. The SMILES string of the molecule is C=C[C@]1(O)C(=O)[C@H](O)C2C3C(CC[C@@]21C)[C@@]1(C)CC[C@H](OC(=O)OC)CC1=C[C@@H]3O. The van der Waals surface area contributed by atoms with Crippen molar-refractivity contribution in [1.82, 2.24) is 0 Å². The average Bonchev–Trinajstić information content (AvgIpc) is 2.87. The molecule has 30 heavy (non-hydrogen) atoms. The number of aliphatic hydroxyl groups is 3. The van der Waals surface area contributed by atoms with Crippen molar-refractivity contribution < 1.29 is 34.4 Å². The van der Waals surface area contributed by atoms with Gasteiger partial charge >= 0.3 is 6.16 Å². The van der Waals surface area contributed by atoms with Crippen LogP contribution in [0, 0.1) is 28.6 Å². The van der Waals surface area contributed by atoms with Crippen molar-refractivity contribution in [2.75, 3.05) is 7.11 Å². The van der Waals surface area contributed by atoms with E-state index in [1.54, 1.807) is 0 Å². The Kier molecular flexibility index (Phi) is 4.95. The Balaban J connectivity index is 1.69. The molecule has 3 saturated carbocycles.